The standard InChI is InChI=1S/C9H16O2.Ca.2H/c1-5-6-7(2)8(3)9(10)11-4;;;/h5-6H2,1-4H3;;;. The molecule has 2 nitrogen and oxygen atoms in total. The molecule has 0 aromatic heterocycles. The van der Waals surface area contributed by atoms with Gasteiger partial charge in [0, 0.05) is 5.57 Å². The summed E-state index contributed by atoms with van der Waals surface area (Å²) in [5.74, 6) is -0.212. The van der Waals surface area contributed by atoms with Crippen molar-refractivity contribution in [3.8, 4) is 0 Å². The number of hydrogen-bond donors (Lipinski definition) is 0. The van der Waals surface area contributed by atoms with Crippen molar-refractivity contribution in [1.29, 1.82) is 0 Å². The van der Waals surface area contributed by atoms with Crippen molar-refractivity contribution in [3.05, 3.63) is 11.1 Å². The van der Waals surface area contributed by atoms with Crippen molar-refractivity contribution in [2.45, 2.75) is 33.6 Å². The minimum absolute atomic E-state index is 0. The topological polar surface area (TPSA) is 26.3 Å². The molecule has 0 radical (unpaired) electrons. The summed E-state index contributed by atoms with van der Waals surface area (Å²) in [6.45, 7) is 5.86. The van der Waals surface area contributed by atoms with Crippen LogP contribution in [0.4, 0.5) is 0 Å². The van der Waals surface area contributed by atoms with Crippen molar-refractivity contribution in [3.63, 3.8) is 0 Å². The summed E-state index contributed by atoms with van der Waals surface area (Å²) in [4.78, 5) is 10.9. The van der Waals surface area contributed by atoms with Gasteiger partial charge in [-0.3, -0.25) is 0 Å². The van der Waals surface area contributed by atoms with E-state index in [0.717, 1.165) is 24.0 Å². The predicted octanol–water partition coefficient (Wildman–Crippen LogP) is 1.38. The van der Waals surface area contributed by atoms with Crippen LogP contribution < -0.4 is 0 Å². The van der Waals surface area contributed by atoms with Crippen molar-refractivity contribution >= 4 is 43.7 Å². The summed E-state index contributed by atoms with van der Waals surface area (Å²) in [7, 11) is 1.41. The van der Waals surface area contributed by atoms with E-state index in [2.05, 4.69) is 11.7 Å². The first kappa shape index (κ1) is 15.0. The summed E-state index contributed by atoms with van der Waals surface area (Å²) in [6.07, 6.45) is 2.04. The normalized spacial score (nSPS) is 11.3. The fourth-order valence-electron chi connectivity index (χ4n) is 0.890. The van der Waals surface area contributed by atoms with E-state index in [4.69, 9.17) is 0 Å². The number of hydrogen-bond acceptors (Lipinski definition) is 2. The number of allylic oxidation sites excluding steroid dienone is 1. The van der Waals surface area contributed by atoms with Crippen LogP contribution in [0.1, 0.15) is 33.6 Å². The molecular formula is C9H18CaO2. The maximum atomic E-state index is 10.9. The third-order valence-electron chi connectivity index (χ3n) is 1.76. The van der Waals surface area contributed by atoms with Gasteiger partial charge in [-0.05, 0) is 20.3 Å². The Balaban J connectivity index is 0. The van der Waals surface area contributed by atoms with Crippen LogP contribution in [0.2, 0.25) is 0 Å². The zero-order valence-corrected chi connectivity index (χ0v) is 7.73. The molecule has 0 fully saturated rings. The van der Waals surface area contributed by atoms with Gasteiger partial charge in [-0.2, -0.15) is 0 Å². The van der Waals surface area contributed by atoms with E-state index in [0.29, 0.717) is 0 Å². The molecule has 0 heterocycles. The van der Waals surface area contributed by atoms with Gasteiger partial charge in [0.05, 0.1) is 7.11 Å². The first-order chi connectivity index (χ1) is 5.13. The molecule has 0 aliphatic heterocycles. The van der Waals surface area contributed by atoms with Gasteiger partial charge in [0.1, 0.15) is 0 Å². The average molecular weight is 198 g/mol. The average Bonchev–Trinajstić information content (AvgIpc) is 2.02. The monoisotopic (exact) mass is 198 g/mol. The molecule has 0 aliphatic rings. The molecule has 0 aromatic carbocycles. The van der Waals surface area contributed by atoms with Gasteiger partial charge >= 0.3 is 43.7 Å². The first-order valence-electron chi connectivity index (χ1n) is 3.88. The Morgan fingerprint density at radius 3 is 2.17 bits per heavy atom. The molecule has 0 saturated carbocycles. The molecule has 0 spiro atoms. The third-order valence-corrected chi connectivity index (χ3v) is 1.76. The second-order valence-corrected chi connectivity index (χ2v) is 2.65. The quantitative estimate of drug-likeness (QED) is 0.389. The fourth-order valence-corrected chi connectivity index (χ4v) is 0.890. The van der Waals surface area contributed by atoms with Gasteiger partial charge in [-0.25, -0.2) is 4.79 Å². The molecule has 0 aliphatic carbocycles. The van der Waals surface area contributed by atoms with Gasteiger partial charge in [0.25, 0.3) is 0 Å². The van der Waals surface area contributed by atoms with E-state index in [-0.39, 0.29) is 43.7 Å². The van der Waals surface area contributed by atoms with Gasteiger partial charge in [0.2, 0.25) is 0 Å². The number of rotatable bonds is 3. The Morgan fingerprint density at radius 2 is 1.83 bits per heavy atom. The van der Waals surface area contributed by atoms with Crippen molar-refractivity contribution in [2.75, 3.05) is 7.11 Å². The van der Waals surface area contributed by atoms with Gasteiger partial charge in [0.15, 0.2) is 0 Å². The van der Waals surface area contributed by atoms with Gasteiger partial charge in [-0.1, -0.05) is 18.9 Å². The molecular weight excluding hydrogens is 180 g/mol. The Labute approximate surface area is 104 Å². The molecule has 0 N–H and O–H groups in total. The van der Waals surface area contributed by atoms with Crippen LogP contribution in [-0.4, -0.2) is 50.8 Å². The van der Waals surface area contributed by atoms with Crippen LogP contribution in [0.3, 0.4) is 0 Å². The second kappa shape index (κ2) is 8.09. The van der Waals surface area contributed by atoms with Crippen LogP contribution in [0.15, 0.2) is 11.1 Å². The summed E-state index contributed by atoms with van der Waals surface area (Å²) in [5, 5.41) is 0. The van der Waals surface area contributed by atoms with E-state index in [1.807, 2.05) is 6.92 Å². The summed E-state index contributed by atoms with van der Waals surface area (Å²) >= 11 is 0. The molecule has 12 heavy (non-hydrogen) atoms. The molecule has 0 bridgehead atoms. The van der Waals surface area contributed by atoms with Crippen LogP contribution in [0.5, 0.6) is 0 Å². The molecule has 0 rings (SSSR count). The predicted molar refractivity (Wildman–Crippen MR) is 53.8 cm³/mol. The first-order valence-corrected chi connectivity index (χ1v) is 3.88. The van der Waals surface area contributed by atoms with Crippen molar-refractivity contribution in [2.24, 2.45) is 0 Å². The summed E-state index contributed by atoms with van der Waals surface area (Å²) < 4.78 is 4.58. The zero-order chi connectivity index (χ0) is 8.85. The number of methoxy groups -OCH3 is 1. The molecule has 68 valence electrons. The second-order valence-electron chi connectivity index (χ2n) is 2.65. The number of carbonyl (C=O) groups is 1. The number of carbonyl (C=O) groups excluding carboxylic acids is 1. The Morgan fingerprint density at radius 1 is 1.33 bits per heavy atom. The van der Waals surface area contributed by atoms with Crippen molar-refractivity contribution < 1.29 is 9.53 Å². The Hall–Kier alpha value is 0.470. The molecule has 0 atom stereocenters. The van der Waals surface area contributed by atoms with E-state index in [9.17, 15) is 4.79 Å². The molecule has 0 saturated heterocycles. The van der Waals surface area contributed by atoms with E-state index < -0.39 is 0 Å². The maximum absolute atomic E-state index is 10.9. The zero-order valence-electron chi connectivity index (χ0n) is 7.73. The number of esters is 1. The van der Waals surface area contributed by atoms with E-state index >= 15 is 0 Å². The minimum atomic E-state index is -0.212. The molecule has 0 unspecified atom stereocenters. The Bertz CT molecular complexity index is 173. The fraction of sp³-hybridized carbons (Fsp3) is 0.667. The van der Waals surface area contributed by atoms with Crippen molar-refractivity contribution in [1.82, 2.24) is 0 Å². The van der Waals surface area contributed by atoms with Gasteiger partial charge in [-0.15, -0.1) is 0 Å². The van der Waals surface area contributed by atoms with E-state index in [1.165, 1.54) is 7.11 Å². The summed E-state index contributed by atoms with van der Waals surface area (Å²) in [5.41, 5.74) is 1.87. The van der Waals surface area contributed by atoms with Crippen LogP contribution in [0, 0.1) is 0 Å². The Kier molecular flexibility index (Phi) is 10.1. The van der Waals surface area contributed by atoms with Crippen LogP contribution >= 0.6 is 0 Å². The van der Waals surface area contributed by atoms with Crippen LogP contribution in [0.25, 0.3) is 0 Å². The third kappa shape index (κ3) is 5.17. The van der Waals surface area contributed by atoms with Gasteiger partial charge < -0.3 is 4.74 Å². The summed E-state index contributed by atoms with van der Waals surface area (Å²) in [6, 6.07) is 0. The molecule has 3 heteroatoms. The number of ether oxygens (including phenoxy) is 1. The molecule has 0 aromatic rings. The van der Waals surface area contributed by atoms with Crippen LogP contribution in [-0.2, 0) is 9.53 Å². The molecule has 0 amide bonds. The van der Waals surface area contributed by atoms with E-state index in [1.54, 1.807) is 6.92 Å². The SMILES string of the molecule is CCCC(C)=C(C)C(=O)OC.[CaH2].